The van der Waals surface area contributed by atoms with Crippen molar-refractivity contribution >= 4 is 56.8 Å². The molecule has 0 saturated carbocycles. The molecule has 4 rings (SSSR count). The van der Waals surface area contributed by atoms with Gasteiger partial charge in [-0.1, -0.05) is 63.9 Å². The Morgan fingerprint density at radius 3 is 2.47 bits per heavy atom. The molecular formula is C28H26BrClN4O3S. The van der Waals surface area contributed by atoms with E-state index in [4.69, 9.17) is 11.6 Å². The number of amides is 2. The maximum Gasteiger partial charge on any atom is 0.295 e. The van der Waals surface area contributed by atoms with E-state index in [1.165, 1.54) is 16.4 Å². The molecule has 0 spiro atoms. The molecule has 2 amide bonds. The minimum absolute atomic E-state index is 0.0428. The summed E-state index contributed by atoms with van der Waals surface area (Å²) in [5, 5.41) is 6.35. The summed E-state index contributed by atoms with van der Waals surface area (Å²) in [4.78, 5) is 39.4. The molecule has 0 aliphatic rings. The van der Waals surface area contributed by atoms with Crippen LogP contribution in [0, 0.1) is 6.92 Å². The minimum atomic E-state index is -0.330. The third-order valence-corrected chi connectivity index (χ3v) is 8.05. The number of anilines is 1. The molecule has 38 heavy (non-hydrogen) atoms. The summed E-state index contributed by atoms with van der Waals surface area (Å²) < 4.78 is 4.12. The quantitative estimate of drug-likeness (QED) is 0.241. The van der Waals surface area contributed by atoms with Crippen LogP contribution in [0.4, 0.5) is 5.69 Å². The van der Waals surface area contributed by atoms with Crippen LogP contribution in [0.25, 0.3) is 5.69 Å². The first-order valence-corrected chi connectivity index (χ1v) is 14.0. The Hall–Kier alpha value is -3.27. The second-order valence-electron chi connectivity index (χ2n) is 8.51. The van der Waals surface area contributed by atoms with Crippen molar-refractivity contribution in [2.75, 3.05) is 17.6 Å². The number of carbonyl (C=O) groups excluding carboxylic acids is 2. The van der Waals surface area contributed by atoms with E-state index in [-0.39, 0.29) is 28.8 Å². The Bertz CT molecular complexity index is 1540. The second kappa shape index (κ2) is 12.5. The van der Waals surface area contributed by atoms with Crippen LogP contribution in [-0.2, 0) is 18.3 Å². The van der Waals surface area contributed by atoms with Gasteiger partial charge in [0, 0.05) is 28.0 Å². The predicted molar refractivity (Wildman–Crippen MR) is 157 cm³/mol. The maximum absolute atomic E-state index is 13.1. The van der Waals surface area contributed by atoms with Crippen LogP contribution in [0.2, 0.25) is 5.02 Å². The average molecular weight is 614 g/mol. The minimum Gasteiger partial charge on any atom is -0.352 e. The summed E-state index contributed by atoms with van der Waals surface area (Å²) in [6.07, 6.45) is 0.637. The Morgan fingerprint density at radius 1 is 1.03 bits per heavy atom. The van der Waals surface area contributed by atoms with Gasteiger partial charge in [-0.3, -0.25) is 19.1 Å². The summed E-state index contributed by atoms with van der Waals surface area (Å²) in [6, 6.07) is 21.9. The fourth-order valence-electron chi connectivity index (χ4n) is 3.94. The van der Waals surface area contributed by atoms with Gasteiger partial charge < -0.3 is 10.6 Å². The molecule has 4 aromatic rings. The first-order valence-electron chi connectivity index (χ1n) is 11.8. The molecule has 7 nitrogen and oxygen atoms in total. The van der Waals surface area contributed by atoms with E-state index in [0.717, 1.165) is 10.0 Å². The number of para-hydroxylation sites is 1. The van der Waals surface area contributed by atoms with Crippen molar-refractivity contribution in [3.8, 4) is 5.69 Å². The third-order valence-electron chi connectivity index (χ3n) is 6.00. The van der Waals surface area contributed by atoms with Gasteiger partial charge in [0.1, 0.15) is 5.69 Å². The molecule has 0 aliphatic carbocycles. The molecule has 3 aromatic carbocycles. The number of nitrogens with zero attached hydrogens (tertiary/aromatic N) is 2. The van der Waals surface area contributed by atoms with Crippen LogP contribution in [0.15, 0.2) is 87.0 Å². The first kappa shape index (κ1) is 27.8. The molecule has 0 bridgehead atoms. The van der Waals surface area contributed by atoms with Crippen LogP contribution in [0.5, 0.6) is 0 Å². The third kappa shape index (κ3) is 6.40. The van der Waals surface area contributed by atoms with Gasteiger partial charge in [-0.15, -0.1) is 11.8 Å². The molecule has 0 aliphatic heterocycles. The smallest absolute Gasteiger partial charge is 0.295 e. The predicted octanol–water partition coefficient (Wildman–Crippen LogP) is 5.60. The van der Waals surface area contributed by atoms with Gasteiger partial charge in [-0.25, -0.2) is 4.68 Å². The number of hydrogen-bond acceptors (Lipinski definition) is 4. The molecule has 0 radical (unpaired) electrons. The lowest BCUT2D eigenvalue weighted by Gasteiger charge is -2.11. The van der Waals surface area contributed by atoms with E-state index in [9.17, 15) is 14.4 Å². The van der Waals surface area contributed by atoms with Gasteiger partial charge in [-0.2, -0.15) is 0 Å². The highest BCUT2D eigenvalue weighted by Gasteiger charge is 2.19. The number of aromatic nitrogens is 2. The first-order chi connectivity index (χ1) is 18.3. The molecule has 0 unspecified atom stereocenters. The van der Waals surface area contributed by atoms with Crippen molar-refractivity contribution in [2.24, 2.45) is 7.05 Å². The molecule has 2 N–H and O–H groups in total. The zero-order valence-corrected chi connectivity index (χ0v) is 24.0. The summed E-state index contributed by atoms with van der Waals surface area (Å²) in [5.41, 5.74) is 2.81. The lowest BCUT2D eigenvalue weighted by atomic mass is 10.1. The van der Waals surface area contributed by atoms with E-state index in [1.54, 1.807) is 36.9 Å². The number of halogens is 2. The van der Waals surface area contributed by atoms with E-state index in [1.807, 2.05) is 54.6 Å². The highest BCUT2D eigenvalue weighted by Crippen LogP contribution is 2.24. The summed E-state index contributed by atoms with van der Waals surface area (Å²) in [5.74, 6) is -0.506. The van der Waals surface area contributed by atoms with Gasteiger partial charge in [0.05, 0.1) is 22.7 Å². The van der Waals surface area contributed by atoms with Gasteiger partial charge in [-0.05, 0) is 55.3 Å². The van der Waals surface area contributed by atoms with Crippen LogP contribution >= 0.6 is 39.3 Å². The number of rotatable bonds is 9. The number of nitrogens with one attached hydrogen (secondary N) is 2. The highest BCUT2D eigenvalue weighted by atomic mass is 79.9. The Labute approximate surface area is 238 Å². The number of thioether (sulfide) groups is 1. The monoisotopic (exact) mass is 612 g/mol. The fraction of sp³-hybridized carbons (Fsp3) is 0.179. The SMILES string of the molecule is Cc1c(NC(=O)CSc2ccccc2C(=O)NCCc2ccc(Cl)cc2Br)c(=O)n(-c2ccccc2)n1C. The zero-order chi connectivity index (χ0) is 27.2. The van der Waals surface area contributed by atoms with Crippen molar-refractivity contribution < 1.29 is 9.59 Å². The summed E-state index contributed by atoms with van der Waals surface area (Å²) in [7, 11) is 1.77. The van der Waals surface area contributed by atoms with Crippen molar-refractivity contribution in [1.82, 2.24) is 14.7 Å². The summed E-state index contributed by atoms with van der Waals surface area (Å²) in [6.45, 7) is 2.23. The van der Waals surface area contributed by atoms with Gasteiger partial charge >= 0.3 is 0 Å². The highest BCUT2D eigenvalue weighted by molar-refractivity contribution is 9.10. The number of benzene rings is 3. The zero-order valence-electron chi connectivity index (χ0n) is 20.8. The van der Waals surface area contributed by atoms with Gasteiger partial charge in [0.2, 0.25) is 5.91 Å². The van der Waals surface area contributed by atoms with E-state index in [2.05, 4.69) is 26.6 Å². The van der Waals surface area contributed by atoms with Crippen molar-refractivity contribution in [3.05, 3.63) is 109 Å². The standard InChI is InChI=1S/C28H26BrClN4O3S/c1-18-26(28(37)34(33(18)2)21-8-4-3-5-9-21)32-25(35)17-38-24-11-7-6-10-22(24)27(36)31-15-14-19-12-13-20(30)16-23(19)29/h3-13,16H,14-15,17H2,1-2H3,(H,31,36)(H,32,35). The topological polar surface area (TPSA) is 85.1 Å². The second-order valence-corrected chi connectivity index (χ2v) is 10.8. The van der Waals surface area contributed by atoms with Gasteiger partial charge in [0.25, 0.3) is 11.5 Å². The normalized spacial score (nSPS) is 10.8. The van der Waals surface area contributed by atoms with Gasteiger partial charge in [0.15, 0.2) is 0 Å². The molecule has 0 fully saturated rings. The Balaban J connectivity index is 1.39. The number of hydrogen-bond donors (Lipinski definition) is 2. The van der Waals surface area contributed by atoms with Crippen molar-refractivity contribution in [2.45, 2.75) is 18.2 Å². The lowest BCUT2D eigenvalue weighted by molar-refractivity contribution is -0.113. The van der Waals surface area contributed by atoms with Crippen LogP contribution in [-0.4, -0.2) is 33.5 Å². The molecule has 0 saturated heterocycles. The average Bonchev–Trinajstić information content (AvgIpc) is 3.12. The molecular weight excluding hydrogens is 588 g/mol. The van der Waals surface area contributed by atoms with Crippen LogP contribution < -0.4 is 16.2 Å². The largest absolute Gasteiger partial charge is 0.352 e. The van der Waals surface area contributed by atoms with Crippen molar-refractivity contribution in [3.63, 3.8) is 0 Å². The Morgan fingerprint density at radius 2 is 1.74 bits per heavy atom. The molecule has 1 heterocycles. The van der Waals surface area contributed by atoms with Crippen LogP contribution in [0.1, 0.15) is 21.6 Å². The van der Waals surface area contributed by atoms with Crippen molar-refractivity contribution in [1.29, 1.82) is 0 Å². The fourth-order valence-corrected chi connectivity index (χ4v) is 5.67. The van der Waals surface area contributed by atoms with E-state index in [0.29, 0.717) is 39.8 Å². The van der Waals surface area contributed by atoms with E-state index < -0.39 is 0 Å². The summed E-state index contributed by atoms with van der Waals surface area (Å²) >= 11 is 10.7. The molecule has 10 heteroatoms. The molecule has 1 aromatic heterocycles. The molecule has 196 valence electrons. The number of carbonyl (C=O) groups is 2. The lowest BCUT2D eigenvalue weighted by Crippen LogP contribution is -2.26. The van der Waals surface area contributed by atoms with Crippen LogP contribution in [0.3, 0.4) is 0 Å². The van der Waals surface area contributed by atoms with E-state index >= 15 is 0 Å². The molecule has 0 atom stereocenters. The maximum atomic E-state index is 13.1. The Kier molecular flexibility index (Phi) is 9.14.